The molecule has 0 atom stereocenters. The molecule has 0 aliphatic carbocycles. The van der Waals surface area contributed by atoms with Crippen molar-refractivity contribution in [2.75, 3.05) is 39.6 Å². The Morgan fingerprint density at radius 1 is 0.554 bits per heavy atom. The molecular weight excluding hydrogens is 840 g/mol. The molecule has 0 amide bonds. The SMILES string of the molecule is CCC1(COc2ccc(C(=O)Oc3ccc4ccccc4c3-c3c(OC(=O)c4ccc(OCC5(CC)COC5)c(Br)c4)ccc4ccccc34)cc2Br)COC1. The molecule has 2 heterocycles. The van der Waals surface area contributed by atoms with Crippen LogP contribution < -0.4 is 18.9 Å². The normalized spacial score (nSPS) is 15.4. The number of rotatable bonds is 13. The summed E-state index contributed by atoms with van der Waals surface area (Å²) in [5, 5.41) is 3.51. The van der Waals surface area contributed by atoms with Gasteiger partial charge in [-0.1, -0.05) is 74.5 Å². The molecular formula is C46H40Br2O8. The van der Waals surface area contributed by atoms with Gasteiger partial charge in [-0.2, -0.15) is 0 Å². The van der Waals surface area contributed by atoms with Crippen molar-refractivity contribution in [2.45, 2.75) is 26.7 Å². The molecule has 0 aromatic heterocycles. The first-order valence-electron chi connectivity index (χ1n) is 18.7. The van der Waals surface area contributed by atoms with Crippen LogP contribution in [0.5, 0.6) is 23.0 Å². The molecule has 6 aromatic rings. The number of ether oxygens (including phenoxy) is 6. The van der Waals surface area contributed by atoms with Gasteiger partial charge in [0.15, 0.2) is 0 Å². The van der Waals surface area contributed by atoms with Crippen LogP contribution in [0.15, 0.2) is 118 Å². The summed E-state index contributed by atoms with van der Waals surface area (Å²) in [4.78, 5) is 27.8. The Labute approximate surface area is 342 Å². The quantitative estimate of drug-likeness (QED) is 0.0837. The van der Waals surface area contributed by atoms with Crippen molar-refractivity contribution in [1.82, 2.24) is 0 Å². The molecule has 2 aliphatic rings. The molecule has 8 rings (SSSR count). The fourth-order valence-electron chi connectivity index (χ4n) is 7.02. The van der Waals surface area contributed by atoms with Crippen molar-refractivity contribution in [3.63, 3.8) is 0 Å². The molecule has 0 saturated carbocycles. The summed E-state index contributed by atoms with van der Waals surface area (Å²) < 4.78 is 37.0. The molecule has 286 valence electrons. The lowest BCUT2D eigenvalue weighted by atomic mass is 9.84. The monoisotopic (exact) mass is 878 g/mol. The second-order valence-corrected chi connectivity index (χ2v) is 16.4. The Morgan fingerprint density at radius 2 is 0.946 bits per heavy atom. The summed E-state index contributed by atoms with van der Waals surface area (Å²) in [5.74, 6) is 0.813. The van der Waals surface area contributed by atoms with E-state index in [1.807, 2.05) is 60.7 Å². The molecule has 10 heteroatoms. The van der Waals surface area contributed by atoms with E-state index in [0.717, 1.165) is 34.4 Å². The van der Waals surface area contributed by atoms with Gasteiger partial charge in [0.2, 0.25) is 0 Å². The summed E-state index contributed by atoms with van der Waals surface area (Å²) in [6.07, 6.45) is 1.91. The zero-order chi connectivity index (χ0) is 38.9. The Balaban J connectivity index is 1.12. The summed E-state index contributed by atoms with van der Waals surface area (Å²) in [6.45, 7) is 8.02. The van der Waals surface area contributed by atoms with E-state index < -0.39 is 11.9 Å². The maximum atomic E-state index is 13.9. The molecule has 2 saturated heterocycles. The van der Waals surface area contributed by atoms with Gasteiger partial charge in [-0.3, -0.25) is 0 Å². The smallest absolute Gasteiger partial charge is 0.343 e. The molecule has 0 N–H and O–H groups in total. The van der Waals surface area contributed by atoms with Crippen molar-refractivity contribution in [3.8, 4) is 34.1 Å². The van der Waals surface area contributed by atoms with Gasteiger partial charge >= 0.3 is 11.9 Å². The minimum absolute atomic E-state index is 0.0122. The predicted octanol–water partition coefficient (Wildman–Crippen LogP) is 11.2. The average molecular weight is 881 g/mol. The van der Waals surface area contributed by atoms with E-state index in [1.165, 1.54) is 0 Å². The van der Waals surface area contributed by atoms with E-state index in [0.29, 0.717) is 93.8 Å². The van der Waals surface area contributed by atoms with Crippen LogP contribution in [0.3, 0.4) is 0 Å². The first-order chi connectivity index (χ1) is 27.2. The van der Waals surface area contributed by atoms with Crippen LogP contribution in [0.2, 0.25) is 0 Å². The lowest BCUT2D eigenvalue weighted by Gasteiger charge is -2.40. The molecule has 56 heavy (non-hydrogen) atoms. The largest absolute Gasteiger partial charge is 0.492 e. The summed E-state index contributed by atoms with van der Waals surface area (Å²) >= 11 is 7.20. The molecule has 0 spiro atoms. The molecule has 2 fully saturated rings. The summed E-state index contributed by atoms with van der Waals surface area (Å²) in [7, 11) is 0. The van der Waals surface area contributed by atoms with Gasteiger partial charge in [-0.15, -0.1) is 0 Å². The molecule has 0 unspecified atom stereocenters. The zero-order valence-corrected chi connectivity index (χ0v) is 34.2. The fraction of sp³-hybridized carbons (Fsp3) is 0.261. The molecule has 2 aliphatic heterocycles. The number of carbonyl (C=O) groups is 2. The van der Waals surface area contributed by atoms with Crippen molar-refractivity contribution in [1.29, 1.82) is 0 Å². The Bertz CT molecular complexity index is 2270. The third-order valence-corrected chi connectivity index (χ3v) is 12.2. The van der Waals surface area contributed by atoms with E-state index >= 15 is 0 Å². The van der Waals surface area contributed by atoms with Crippen LogP contribution in [0.25, 0.3) is 32.7 Å². The lowest BCUT2D eigenvalue weighted by Crippen LogP contribution is -2.46. The van der Waals surface area contributed by atoms with Gasteiger partial charge in [0, 0.05) is 11.1 Å². The molecule has 0 radical (unpaired) electrons. The summed E-state index contributed by atoms with van der Waals surface area (Å²) in [6, 6.07) is 33.5. The highest BCUT2D eigenvalue weighted by atomic mass is 79.9. The second kappa shape index (κ2) is 16.0. The van der Waals surface area contributed by atoms with Crippen LogP contribution in [0.4, 0.5) is 0 Å². The van der Waals surface area contributed by atoms with Crippen LogP contribution in [0.1, 0.15) is 47.4 Å². The fourth-order valence-corrected chi connectivity index (χ4v) is 8.00. The maximum absolute atomic E-state index is 13.9. The highest BCUT2D eigenvalue weighted by molar-refractivity contribution is 9.11. The topological polar surface area (TPSA) is 89.5 Å². The van der Waals surface area contributed by atoms with Crippen LogP contribution in [-0.2, 0) is 9.47 Å². The minimum Gasteiger partial charge on any atom is -0.492 e. The Hall–Kier alpha value is -4.74. The average Bonchev–Trinajstić information content (AvgIpc) is 3.18. The zero-order valence-electron chi connectivity index (χ0n) is 31.1. The van der Waals surface area contributed by atoms with Gasteiger partial charge in [-0.25, -0.2) is 9.59 Å². The van der Waals surface area contributed by atoms with Gasteiger partial charge in [0.1, 0.15) is 23.0 Å². The third-order valence-electron chi connectivity index (χ3n) is 11.0. The van der Waals surface area contributed by atoms with E-state index in [1.54, 1.807) is 48.5 Å². The van der Waals surface area contributed by atoms with Crippen LogP contribution >= 0.6 is 31.9 Å². The molecule has 0 bridgehead atoms. The van der Waals surface area contributed by atoms with E-state index in [-0.39, 0.29) is 10.8 Å². The van der Waals surface area contributed by atoms with Crippen molar-refractivity contribution >= 4 is 65.3 Å². The number of esters is 2. The number of fused-ring (bicyclic) bond motifs is 2. The molecule has 6 aromatic carbocycles. The first kappa shape index (κ1) is 38.1. The molecule has 8 nitrogen and oxygen atoms in total. The summed E-state index contributed by atoms with van der Waals surface area (Å²) in [5.41, 5.74) is 1.95. The van der Waals surface area contributed by atoms with Crippen LogP contribution in [0, 0.1) is 10.8 Å². The second-order valence-electron chi connectivity index (χ2n) is 14.7. The number of hydrogen-bond acceptors (Lipinski definition) is 8. The number of hydrogen-bond donors (Lipinski definition) is 0. The van der Waals surface area contributed by atoms with Crippen molar-refractivity contribution in [2.24, 2.45) is 10.8 Å². The van der Waals surface area contributed by atoms with E-state index in [2.05, 4.69) is 45.7 Å². The van der Waals surface area contributed by atoms with Crippen molar-refractivity contribution in [3.05, 3.63) is 129 Å². The Kier molecular flexibility index (Phi) is 10.9. The minimum atomic E-state index is -0.549. The highest BCUT2D eigenvalue weighted by Crippen LogP contribution is 2.46. The van der Waals surface area contributed by atoms with E-state index in [4.69, 9.17) is 28.4 Å². The van der Waals surface area contributed by atoms with Gasteiger partial charge in [0.25, 0.3) is 0 Å². The standard InChI is InChI=1S/C46H40Br2O8/c1-3-45(23-51-24-45)27-53-37-17-15-31(21-35(37)47)43(49)55-39-19-13-29-9-5-7-11-33(29)41(39)42-34-12-8-6-10-30(34)14-20-40(42)56-44(50)32-16-18-38(36(48)22-32)54-28-46(4-2)25-52-26-46/h5-22H,3-4,23-28H2,1-2H3. The van der Waals surface area contributed by atoms with Gasteiger partial charge in [-0.05, 0) is 115 Å². The van der Waals surface area contributed by atoms with Gasteiger partial charge < -0.3 is 28.4 Å². The number of carbonyl (C=O) groups excluding carboxylic acids is 2. The van der Waals surface area contributed by atoms with Crippen molar-refractivity contribution < 1.29 is 38.0 Å². The highest BCUT2D eigenvalue weighted by Gasteiger charge is 2.39. The third kappa shape index (κ3) is 7.55. The van der Waals surface area contributed by atoms with Gasteiger partial charge in [0.05, 0.1) is 70.5 Å². The predicted molar refractivity (Wildman–Crippen MR) is 223 cm³/mol. The first-order valence-corrected chi connectivity index (χ1v) is 20.3. The Morgan fingerprint density at radius 3 is 1.30 bits per heavy atom. The lowest BCUT2D eigenvalue weighted by molar-refractivity contribution is -0.133. The van der Waals surface area contributed by atoms with E-state index in [9.17, 15) is 9.59 Å². The number of benzene rings is 6. The maximum Gasteiger partial charge on any atom is 0.343 e. The van der Waals surface area contributed by atoms with Crippen LogP contribution in [-0.4, -0.2) is 51.6 Å². The number of halogens is 2.